The van der Waals surface area contributed by atoms with E-state index in [1.54, 1.807) is 0 Å². The van der Waals surface area contributed by atoms with Gasteiger partial charge >= 0.3 is 0 Å². The van der Waals surface area contributed by atoms with Crippen molar-refractivity contribution in [3.63, 3.8) is 0 Å². The minimum Gasteiger partial charge on any atom is -0.306 e. The Morgan fingerprint density at radius 3 is 3.08 bits per heavy atom. The fourth-order valence-corrected chi connectivity index (χ4v) is 1.92. The van der Waals surface area contributed by atoms with E-state index in [9.17, 15) is 0 Å². The second kappa shape index (κ2) is 3.28. The van der Waals surface area contributed by atoms with Gasteiger partial charge in [0.1, 0.15) is 0 Å². The van der Waals surface area contributed by atoms with Crippen molar-refractivity contribution in [2.24, 2.45) is 0 Å². The van der Waals surface area contributed by atoms with Crippen LogP contribution in [0.3, 0.4) is 0 Å². The van der Waals surface area contributed by atoms with Gasteiger partial charge in [-0.05, 0) is 17.5 Å². The molecule has 0 bridgehead atoms. The summed E-state index contributed by atoms with van der Waals surface area (Å²) in [5, 5.41) is 3.52. The molecule has 0 saturated carbocycles. The smallest absolute Gasteiger partial charge is 0.0326 e. The predicted octanol–water partition coefficient (Wildman–Crippen LogP) is 2.63. The number of hydrogen-bond acceptors (Lipinski definition) is 1. The molecule has 0 fully saturated rings. The summed E-state index contributed by atoms with van der Waals surface area (Å²) in [7, 11) is 0. The maximum Gasteiger partial charge on any atom is 0.0326 e. The standard InChI is InChI=1S/C11H15N/c1-2-5-11-10-7-4-3-6-9(10)8-12-11/h3-4,6-7,11-12H,2,5,8H2,1H3. The Morgan fingerprint density at radius 2 is 2.25 bits per heavy atom. The summed E-state index contributed by atoms with van der Waals surface area (Å²) in [6.45, 7) is 3.30. The third-order valence-corrected chi connectivity index (χ3v) is 2.55. The number of benzene rings is 1. The molecule has 64 valence electrons. The van der Waals surface area contributed by atoms with Crippen LogP contribution in [0.2, 0.25) is 0 Å². The van der Waals surface area contributed by atoms with Crippen LogP contribution < -0.4 is 5.32 Å². The molecule has 1 atom stereocenters. The first-order chi connectivity index (χ1) is 5.92. The topological polar surface area (TPSA) is 12.0 Å². The lowest BCUT2D eigenvalue weighted by molar-refractivity contribution is 0.535. The average molecular weight is 161 g/mol. The number of rotatable bonds is 2. The zero-order valence-corrected chi connectivity index (χ0v) is 7.51. The first-order valence-corrected chi connectivity index (χ1v) is 4.73. The Kier molecular flexibility index (Phi) is 2.13. The molecule has 0 aromatic heterocycles. The van der Waals surface area contributed by atoms with E-state index in [-0.39, 0.29) is 0 Å². The minimum absolute atomic E-state index is 0.617. The van der Waals surface area contributed by atoms with E-state index in [1.165, 1.54) is 24.0 Å². The van der Waals surface area contributed by atoms with E-state index in [2.05, 4.69) is 36.5 Å². The largest absolute Gasteiger partial charge is 0.306 e. The van der Waals surface area contributed by atoms with E-state index in [4.69, 9.17) is 0 Å². The molecular weight excluding hydrogens is 146 g/mol. The van der Waals surface area contributed by atoms with Gasteiger partial charge in [0.25, 0.3) is 0 Å². The maximum absolute atomic E-state index is 3.52. The third kappa shape index (κ3) is 1.25. The van der Waals surface area contributed by atoms with Crippen LogP contribution in [0, 0.1) is 0 Å². The highest BCUT2D eigenvalue weighted by molar-refractivity contribution is 5.33. The van der Waals surface area contributed by atoms with Crippen molar-refractivity contribution in [1.82, 2.24) is 5.32 Å². The normalized spacial score (nSPS) is 20.9. The van der Waals surface area contributed by atoms with Crippen LogP contribution in [-0.4, -0.2) is 0 Å². The Hall–Kier alpha value is -0.820. The van der Waals surface area contributed by atoms with Crippen molar-refractivity contribution in [1.29, 1.82) is 0 Å². The van der Waals surface area contributed by atoms with Gasteiger partial charge in [-0.1, -0.05) is 37.6 Å². The van der Waals surface area contributed by atoms with Crippen LogP contribution in [0.15, 0.2) is 24.3 Å². The Labute approximate surface area is 73.8 Å². The molecule has 0 radical (unpaired) electrons. The van der Waals surface area contributed by atoms with Crippen LogP contribution in [0.4, 0.5) is 0 Å². The molecule has 1 N–H and O–H groups in total. The molecule has 2 rings (SSSR count). The summed E-state index contributed by atoms with van der Waals surface area (Å²) in [5.74, 6) is 0. The van der Waals surface area contributed by atoms with Gasteiger partial charge in [0.15, 0.2) is 0 Å². The molecule has 12 heavy (non-hydrogen) atoms. The quantitative estimate of drug-likeness (QED) is 0.703. The maximum atomic E-state index is 3.52. The van der Waals surface area contributed by atoms with Gasteiger partial charge in [-0.25, -0.2) is 0 Å². The summed E-state index contributed by atoms with van der Waals surface area (Å²) in [5.41, 5.74) is 3.00. The van der Waals surface area contributed by atoms with E-state index >= 15 is 0 Å². The molecule has 1 unspecified atom stereocenters. The minimum atomic E-state index is 0.617. The molecule has 0 aliphatic carbocycles. The first kappa shape index (κ1) is 7.81. The average Bonchev–Trinajstić information content (AvgIpc) is 2.50. The number of fused-ring (bicyclic) bond motifs is 1. The zero-order chi connectivity index (χ0) is 8.39. The highest BCUT2D eigenvalue weighted by Crippen LogP contribution is 2.27. The van der Waals surface area contributed by atoms with E-state index in [1.807, 2.05) is 0 Å². The van der Waals surface area contributed by atoms with Crippen LogP contribution >= 0.6 is 0 Å². The van der Waals surface area contributed by atoms with Gasteiger partial charge in [-0.2, -0.15) is 0 Å². The molecule has 1 heterocycles. The number of nitrogens with one attached hydrogen (secondary N) is 1. The Bertz CT molecular complexity index is 265. The summed E-state index contributed by atoms with van der Waals surface area (Å²) in [6, 6.07) is 9.34. The summed E-state index contributed by atoms with van der Waals surface area (Å²) < 4.78 is 0. The van der Waals surface area contributed by atoms with Gasteiger partial charge in [-0.3, -0.25) is 0 Å². The first-order valence-electron chi connectivity index (χ1n) is 4.73. The van der Waals surface area contributed by atoms with Crippen molar-refractivity contribution in [2.45, 2.75) is 32.4 Å². The fraction of sp³-hybridized carbons (Fsp3) is 0.455. The Morgan fingerprint density at radius 1 is 1.42 bits per heavy atom. The molecule has 1 aromatic carbocycles. The highest BCUT2D eigenvalue weighted by Gasteiger charge is 2.19. The van der Waals surface area contributed by atoms with Crippen LogP contribution in [0.1, 0.15) is 36.9 Å². The zero-order valence-electron chi connectivity index (χ0n) is 7.51. The molecule has 0 amide bonds. The summed E-state index contributed by atoms with van der Waals surface area (Å²) >= 11 is 0. The summed E-state index contributed by atoms with van der Waals surface area (Å²) in [6.07, 6.45) is 2.52. The monoisotopic (exact) mass is 161 g/mol. The van der Waals surface area contributed by atoms with E-state index in [0.29, 0.717) is 6.04 Å². The van der Waals surface area contributed by atoms with Gasteiger partial charge in [0, 0.05) is 12.6 Å². The second-order valence-electron chi connectivity index (χ2n) is 3.42. The van der Waals surface area contributed by atoms with Gasteiger partial charge in [0.05, 0.1) is 0 Å². The van der Waals surface area contributed by atoms with Gasteiger partial charge in [0.2, 0.25) is 0 Å². The second-order valence-corrected chi connectivity index (χ2v) is 3.42. The molecule has 1 heteroatoms. The van der Waals surface area contributed by atoms with Gasteiger partial charge < -0.3 is 5.32 Å². The van der Waals surface area contributed by atoms with E-state index < -0.39 is 0 Å². The fourth-order valence-electron chi connectivity index (χ4n) is 1.92. The van der Waals surface area contributed by atoms with Crippen LogP contribution in [0.5, 0.6) is 0 Å². The third-order valence-electron chi connectivity index (χ3n) is 2.55. The van der Waals surface area contributed by atoms with Crippen molar-refractivity contribution in [3.8, 4) is 0 Å². The summed E-state index contributed by atoms with van der Waals surface area (Å²) in [4.78, 5) is 0. The van der Waals surface area contributed by atoms with Crippen molar-refractivity contribution in [3.05, 3.63) is 35.4 Å². The molecule has 1 aliphatic rings. The van der Waals surface area contributed by atoms with Crippen molar-refractivity contribution in [2.75, 3.05) is 0 Å². The van der Waals surface area contributed by atoms with Gasteiger partial charge in [-0.15, -0.1) is 0 Å². The van der Waals surface area contributed by atoms with Crippen LogP contribution in [-0.2, 0) is 6.54 Å². The molecule has 0 saturated heterocycles. The van der Waals surface area contributed by atoms with Crippen molar-refractivity contribution < 1.29 is 0 Å². The van der Waals surface area contributed by atoms with Crippen LogP contribution in [0.25, 0.3) is 0 Å². The molecular formula is C11H15N. The highest BCUT2D eigenvalue weighted by atomic mass is 14.9. The van der Waals surface area contributed by atoms with E-state index in [0.717, 1.165) is 6.54 Å². The molecule has 1 nitrogen and oxygen atoms in total. The molecule has 0 spiro atoms. The Balaban J connectivity index is 2.24. The lowest BCUT2D eigenvalue weighted by Crippen LogP contribution is -2.11. The lowest BCUT2D eigenvalue weighted by Gasteiger charge is -2.09. The molecule has 1 aliphatic heterocycles. The lowest BCUT2D eigenvalue weighted by atomic mass is 10.0. The SMILES string of the molecule is CCCC1NCc2ccccc21. The predicted molar refractivity (Wildman–Crippen MR) is 50.9 cm³/mol. The van der Waals surface area contributed by atoms with Crippen molar-refractivity contribution >= 4 is 0 Å². The number of hydrogen-bond donors (Lipinski definition) is 1. The molecule has 1 aromatic rings.